The molecule has 2 aromatic rings. The Morgan fingerprint density at radius 3 is 2.46 bits per heavy atom. The van der Waals surface area contributed by atoms with E-state index in [-0.39, 0.29) is 6.61 Å². The molecule has 5 heteroatoms. The number of benzene rings is 2. The molecule has 0 aliphatic heterocycles. The minimum absolute atomic E-state index is 0.360. The Hall–Kier alpha value is -2.59. The number of ether oxygens (including phenoxy) is 1. The number of carbonyl (C=O) groups excluding carboxylic acids is 2. The van der Waals surface area contributed by atoms with Crippen molar-refractivity contribution in [3.05, 3.63) is 70.3 Å². The van der Waals surface area contributed by atoms with Crippen molar-refractivity contribution in [1.82, 2.24) is 0 Å². The normalized spacial score (nSPS) is 11.0. The van der Waals surface area contributed by atoms with E-state index >= 15 is 0 Å². The third-order valence-corrected chi connectivity index (χ3v) is 4.22. The van der Waals surface area contributed by atoms with Crippen LogP contribution in [0.5, 0.6) is 0 Å². The van der Waals surface area contributed by atoms with Crippen molar-refractivity contribution in [3.63, 3.8) is 0 Å². The molecule has 0 unspecified atom stereocenters. The summed E-state index contributed by atoms with van der Waals surface area (Å²) in [6.07, 6.45) is 2.96. The Morgan fingerprint density at radius 1 is 1.15 bits per heavy atom. The number of nitrogens with one attached hydrogen (secondary N) is 1. The number of rotatable bonds is 6. The Bertz CT molecular complexity index is 811. The standard InChI is InChI=1S/C21H22ClNO3/c1-14(2)17-8-5-16(6-9-17)7-11-21(25)26-13-20(24)23-18-10-4-15(3)19(22)12-18/h4-12,14H,13H2,1-3H3,(H,23,24). The fourth-order valence-electron chi connectivity index (χ4n) is 2.21. The largest absolute Gasteiger partial charge is 0.452 e. The molecule has 0 saturated carbocycles. The highest BCUT2D eigenvalue weighted by Crippen LogP contribution is 2.20. The highest BCUT2D eigenvalue weighted by molar-refractivity contribution is 6.31. The zero-order chi connectivity index (χ0) is 19.1. The number of hydrogen-bond donors (Lipinski definition) is 1. The van der Waals surface area contributed by atoms with Crippen LogP contribution < -0.4 is 5.32 Å². The number of halogens is 1. The van der Waals surface area contributed by atoms with Crippen molar-refractivity contribution >= 4 is 35.2 Å². The van der Waals surface area contributed by atoms with E-state index in [1.807, 2.05) is 31.2 Å². The molecule has 0 bridgehead atoms. The first-order valence-corrected chi connectivity index (χ1v) is 8.74. The summed E-state index contributed by atoms with van der Waals surface area (Å²) in [5.41, 5.74) is 3.60. The van der Waals surface area contributed by atoms with Gasteiger partial charge in [-0.05, 0) is 47.7 Å². The maximum Gasteiger partial charge on any atom is 0.331 e. The molecule has 0 fully saturated rings. The van der Waals surface area contributed by atoms with Gasteiger partial charge in [0, 0.05) is 16.8 Å². The lowest BCUT2D eigenvalue weighted by Crippen LogP contribution is -2.20. The van der Waals surface area contributed by atoms with E-state index in [0.717, 1.165) is 11.1 Å². The number of esters is 1. The second kappa shape index (κ2) is 9.20. The van der Waals surface area contributed by atoms with Crippen LogP contribution in [0.25, 0.3) is 6.08 Å². The SMILES string of the molecule is Cc1ccc(NC(=O)COC(=O)C=Cc2ccc(C(C)C)cc2)cc1Cl. The summed E-state index contributed by atoms with van der Waals surface area (Å²) >= 11 is 6.01. The van der Waals surface area contributed by atoms with Gasteiger partial charge in [0.2, 0.25) is 0 Å². The van der Waals surface area contributed by atoms with Crippen molar-refractivity contribution in [1.29, 1.82) is 0 Å². The topological polar surface area (TPSA) is 55.4 Å². The molecule has 0 saturated heterocycles. The Balaban J connectivity index is 1.81. The van der Waals surface area contributed by atoms with Crippen molar-refractivity contribution in [3.8, 4) is 0 Å². The zero-order valence-electron chi connectivity index (χ0n) is 15.1. The Kier molecular flexibility index (Phi) is 6.98. The molecule has 2 aromatic carbocycles. The van der Waals surface area contributed by atoms with E-state index in [1.165, 1.54) is 11.6 Å². The summed E-state index contributed by atoms with van der Waals surface area (Å²) in [4.78, 5) is 23.6. The van der Waals surface area contributed by atoms with Gasteiger partial charge < -0.3 is 10.1 Å². The number of hydrogen-bond acceptors (Lipinski definition) is 3. The van der Waals surface area contributed by atoms with Crippen LogP contribution in [0.3, 0.4) is 0 Å². The Morgan fingerprint density at radius 2 is 1.85 bits per heavy atom. The van der Waals surface area contributed by atoms with Crippen molar-refractivity contribution < 1.29 is 14.3 Å². The van der Waals surface area contributed by atoms with Gasteiger partial charge in [-0.2, -0.15) is 0 Å². The van der Waals surface area contributed by atoms with Gasteiger partial charge in [0.05, 0.1) is 0 Å². The van der Waals surface area contributed by atoms with Gasteiger partial charge in [-0.25, -0.2) is 4.79 Å². The number of aryl methyl sites for hydroxylation is 1. The van der Waals surface area contributed by atoms with Crippen molar-refractivity contribution in [2.24, 2.45) is 0 Å². The molecule has 136 valence electrons. The van der Waals surface area contributed by atoms with Crippen LogP contribution >= 0.6 is 11.6 Å². The third-order valence-electron chi connectivity index (χ3n) is 3.82. The van der Waals surface area contributed by atoms with Gasteiger partial charge in [0.25, 0.3) is 5.91 Å². The van der Waals surface area contributed by atoms with Gasteiger partial charge in [0.15, 0.2) is 6.61 Å². The molecule has 0 aromatic heterocycles. The Labute approximate surface area is 158 Å². The quantitative estimate of drug-likeness (QED) is 0.576. The summed E-state index contributed by atoms with van der Waals surface area (Å²) in [6.45, 7) is 5.76. The van der Waals surface area contributed by atoms with Gasteiger partial charge in [0.1, 0.15) is 0 Å². The lowest BCUT2D eigenvalue weighted by atomic mass is 10.0. The highest BCUT2D eigenvalue weighted by atomic mass is 35.5. The van der Waals surface area contributed by atoms with Crippen LogP contribution in [-0.2, 0) is 14.3 Å². The molecule has 0 aliphatic rings. The first-order chi connectivity index (χ1) is 12.3. The van der Waals surface area contributed by atoms with Gasteiger partial charge in [-0.15, -0.1) is 0 Å². The van der Waals surface area contributed by atoms with Gasteiger partial charge in [-0.1, -0.05) is 55.8 Å². The molecule has 0 radical (unpaired) electrons. The number of anilines is 1. The van der Waals surface area contributed by atoms with Crippen LogP contribution in [-0.4, -0.2) is 18.5 Å². The molecular weight excluding hydrogens is 350 g/mol. The first kappa shape index (κ1) is 19.7. The van der Waals surface area contributed by atoms with E-state index in [9.17, 15) is 9.59 Å². The van der Waals surface area contributed by atoms with Crippen LogP contribution in [0.4, 0.5) is 5.69 Å². The molecule has 2 rings (SSSR count). The van der Waals surface area contributed by atoms with E-state index in [0.29, 0.717) is 16.6 Å². The molecule has 0 spiro atoms. The molecule has 0 atom stereocenters. The second-order valence-corrected chi connectivity index (χ2v) is 6.68. The molecule has 0 aliphatic carbocycles. The monoisotopic (exact) mass is 371 g/mol. The van der Waals surface area contributed by atoms with Gasteiger partial charge in [-0.3, -0.25) is 4.79 Å². The minimum Gasteiger partial charge on any atom is -0.452 e. The summed E-state index contributed by atoms with van der Waals surface area (Å²) in [7, 11) is 0. The summed E-state index contributed by atoms with van der Waals surface area (Å²) < 4.78 is 4.94. The molecule has 0 heterocycles. The predicted molar refractivity (Wildman–Crippen MR) is 105 cm³/mol. The molecule has 1 N–H and O–H groups in total. The zero-order valence-corrected chi connectivity index (χ0v) is 15.8. The predicted octanol–water partition coefficient (Wildman–Crippen LogP) is 4.97. The average Bonchev–Trinajstić information content (AvgIpc) is 2.61. The van der Waals surface area contributed by atoms with Crippen LogP contribution in [0.1, 0.15) is 36.5 Å². The van der Waals surface area contributed by atoms with Gasteiger partial charge >= 0.3 is 5.97 Å². The molecule has 4 nitrogen and oxygen atoms in total. The molecular formula is C21H22ClNO3. The number of amides is 1. The average molecular weight is 372 g/mol. The molecule has 26 heavy (non-hydrogen) atoms. The van der Waals surface area contributed by atoms with Crippen LogP contribution in [0.2, 0.25) is 5.02 Å². The highest BCUT2D eigenvalue weighted by Gasteiger charge is 2.07. The maximum absolute atomic E-state index is 11.8. The summed E-state index contributed by atoms with van der Waals surface area (Å²) in [5, 5.41) is 3.19. The van der Waals surface area contributed by atoms with Crippen LogP contribution in [0, 0.1) is 6.92 Å². The lowest BCUT2D eigenvalue weighted by molar-refractivity contribution is -0.142. The maximum atomic E-state index is 11.8. The lowest BCUT2D eigenvalue weighted by Gasteiger charge is -2.07. The van der Waals surface area contributed by atoms with Crippen molar-refractivity contribution in [2.75, 3.05) is 11.9 Å². The fourth-order valence-corrected chi connectivity index (χ4v) is 2.39. The number of carbonyl (C=O) groups is 2. The van der Waals surface area contributed by atoms with E-state index < -0.39 is 11.9 Å². The van der Waals surface area contributed by atoms with E-state index in [2.05, 4.69) is 19.2 Å². The van der Waals surface area contributed by atoms with E-state index in [1.54, 1.807) is 24.3 Å². The molecule has 1 amide bonds. The third kappa shape index (κ3) is 6.05. The second-order valence-electron chi connectivity index (χ2n) is 6.27. The summed E-state index contributed by atoms with van der Waals surface area (Å²) in [5.74, 6) is -0.539. The summed E-state index contributed by atoms with van der Waals surface area (Å²) in [6, 6.07) is 13.1. The van der Waals surface area contributed by atoms with Crippen molar-refractivity contribution in [2.45, 2.75) is 26.7 Å². The fraction of sp³-hybridized carbons (Fsp3) is 0.238. The smallest absolute Gasteiger partial charge is 0.331 e. The first-order valence-electron chi connectivity index (χ1n) is 8.36. The van der Waals surface area contributed by atoms with Crippen LogP contribution in [0.15, 0.2) is 48.5 Å². The minimum atomic E-state index is -0.574. The van der Waals surface area contributed by atoms with E-state index in [4.69, 9.17) is 16.3 Å².